The van der Waals surface area contributed by atoms with Crippen LogP contribution in [0, 0.1) is 0 Å². The highest BCUT2D eigenvalue weighted by Crippen LogP contribution is 2.22. The quantitative estimate of drug-likeness (QED) is 0.873. The molecule has 106 valence electrons. The van der Waals surface area contributed by atoms with Crippen molar-refractivity contribution >= 4 is 17.5 Å². The van der Waals surface area contributed by atoms with Gasteiger partial charge in [0.05, 0.1) is 0 Å². The lowest BCUT2D eigenvalue weighted by Gasteiger charge is -2.18. The van der Waals surface area contributed by atoms with Gasteiger partial charge < -0.3 is 15.5 Å². The normalized spacial score (nSPS) is 22.6. The number of hydrogen-bond donors (Lipinski definition) is 1. The van der Waals surface area contributed by atoms with E-state index in [1.807, 2.05) is 12.1 Å². The molecule has 0 spiro atoms. The van der Waals surface area contributed by atoms with Crippen LogP contribution >= 0.6 is 0 Å². The van der Waals surface area contributed by atoms with Gasteiger partial charge in [0, 0.05) is 43.3 Å². The molecule has 2 saturated heterocycles. The highest BCUT2D eigenvalue weighted by molar-refractivity contribution is 5.97. The van der Waals surface area contributed by atoms with Gasteiger partial charge in [0.25, 0.3) is 5.91 Å². The largest absolute Gasteiger partial charge is 0.337 e. The molecule has 0 unspecified atom stereocenters. The fourth-order valence-corrected chi connectivity index (χ4v) is 2.86. The summed E-state index contributed by atoms with van der Waals surface area (Å²) in [5.41, 5.74) is 7.36. The van der Waals surface area contributed by atoms with Crippen molar-refractivity contribution < 1.29 is 9.59 Å². The summed E-state index contributed by atoms with van der Waals surface area (Å²) >= 11 is 0. The zero-order valence-corrected chi connectivity index (χ0v) is 11.4. The Hall–Kier alpha value is -1.88. The third-order valence-electron chi connectivity index (χ3n) is 4.01. The average molecular weight is 273 g/mol. The van der Waals surface area contributed by atoms with E-state index < -0.39 is 0 Å². The van der Waals surface area contributed by atoms with Crippen molar-refractivity contribution in [1.82, 2.24) is 4.90 Å². The Bertz CT molecular complexity index is 526. The van der Waals surface area contributed by atoms with Crippen LogP contribution in [0.15, 0.2) is 24.3 Å². The Morgan fingerprint density at radius 1 is 1.20 bits per heavy atom. The molecule has 2 aliphatic heterocycles. The molecular formula is C15H19N3O2. The molecule has 2 N–H and O–H groups in total. The van der Waals surface area contributed by atoms with Crippen molar-refractivity contribution in [3.63, 3.8) is 0 Å². The van der Waals surface area contributed by atoms with E-state index in [2.05, 4.69) is 0 Å². The lowest BCUT2D eigenvalue weighted by molar-refractivity contribution is -0.117. The van der Waals surface area contributed by atoms with Gasteiger partial charge in [0.2, 0.25) is 5.91 Å². The Kier molecular flexibility index (Phi) is 3.44. The van der Waals surface area contributed by atoms with Crippen molar-refractivity contribution in [1.29, 1.82) is 0 Å². The van der Waals surface area contributed by atoms with E-state index in [1.165, 1.54) is 0 Å². The van der Waals surface area contributed by atoms with Crippen molar-refractivity contribution in [3.8, 4) is 0 Å². The van der Waals surface area contributed by atoms with Gasteiger partial charge in [-0.25, -0.2) is 0 Å². The zero-order chi connectivity index (χ0) is 14.1. The molecule has 20 heavy (non-hydrogen) atoms. The number of nitrogens with two attached hydrogens (primary N) is 1. The van der Waals surface area contributed by atoms with Gasteiger partial charge in [-0.1, -0.05) is 0 Å². The average Bonchev–Trinajstić information content (AvgIpc) is 3.07. The molecule has 1 atom stereocenters. The maximum atomic E-state index is 12.3. The molecule has 2 aliphatic rings. The first-order chi connectivity index (χ1) is 9.65. The van der Waals surface area contributed by atoms with Gasteiger partial charge in [-0.15, -0.1) is 0 Å². The number of carbonyl (C=O) groups is 2. The van der Waals surface area contributed by atoms with Crippen molar-refractivity contribution in [2.24, 2.45) is 5.73 Å². The van der Waals surface area contributed by atoms with Crippen LogP contribution < -0.4 is 10.6 Å². The minimum absolute atomic E-state index is 0.0252. The van der Waals surface area contributed by atoms with Gasteiger partial charge in [0.15, 0.2) is 0 Å². The first-order valence-corrected chi connectivity index (χ1v) is 7.10. The van der Waals surface area contributed by atoms with Crippen LogP contribution in [0.2, 0.25) is 0 Å². The molecule has 5 heteroatoms. The Morgan fingerprint density at radius 3 is 2.50 bits per heavy atom. The lowest BCUT2D eigenvalue weighted by atomic mass is 10.1. The maximum absolute atomic E-state index is 12.3. The maximum Gasteiger partial charge on any atom is 0.253 e. The van der Waals surface area contributed by atoms with Crippen LogP contribution in [-0.4, -0.2) is 42.4 Å². The molecule has 2 amide bonds. The first-order valence-electron chi connectivity index (χ1n) is 7.10. The van der Waals surface area contributed by atoms with E-state index >= 15 is 0 Å². The van der Waals surface area contributed by atoms with Gasteiger partial charge in [-0.3, -0.25) is 9.59 Å². The van der Waals surface area contributed by atoms with E-state index in [4.69, 9.17) is 5.73 Å². The highest BCUT2D eigenvalue weighted by atomic mass is 16.2. The van der Waals surface area contributed by atoms with Gasteiger partial charge in [0.1, 0.15) is 0 Å². The van der Waals surface area contributed by atoms with Gasteiger partial charge in [-0.05, 0) is 37.1 Å². The van der Waals surface area contributed by atoms with Crippen LogP contribution in [0.4, 0.5) is 5.69 Å². The minimum atomic E-state index is 0.0252. The number of rotatable bonds is 2. The number of amides is 2. The molecule has 0 bridgehead atoms. The van der Waals surface area contributed by atoms with E-state index in [1.54, 1.807) is 21.9 Å². The second kappa shape index (κ2) is 5.25. The molecule has 3 rings (SSSR count). The molecule has 0 aliphatic carbocycles. The summed E-state index contributed by atoms with van der Waals surface area (Å²) in [7, 11) is 0. The number of benzene rings is 1. The van der Waals surface area contributed by atoms with Crippen molar-refractivity contribution in [3.05, 3.63) is 29.8 Å². The summed E-state index contributed by atoms with van der Waals surface area (Å²) in [6.45, 7) is 2.13. The highest BCUT2D eigenvalue weighted by Gasteiger charge is 2.25. The van der Waals surface area contributed by atoms with E-state index in [0.717, 1.165) is 31.6 Å². The first kappa shape index (κ1) is 13.1. The second-order valence-corrected chi connectivity index (χ2v) is 5.50. The molecule has 0 aromatic heterocycles. The lowest BCUT2D eigenvalue weighted by Crippen LogP contribution is -2.31. The summed E-state index contributed by atoms with van der Waals surface area (Å²) in [4.78, 5) is 27.5. The van der Waals surface area contributed by atoms with E-state index in [9.17, 15) is 9.59 Å². The standard InChI is InChI=1S/C15H19N3O2/c16-12-7-9-17(10-12)15(20)11-3-5-13(6-4-11)18-8-1-2-14(18)19/h3-6,12H,1-2,7-10,16H2/t12-/m1/s1. The molecule has 0 saturated carbocycles. The van der Waals surface area contributed by atoms with Crippen molar-refractivity contribution in [2.75, 3.05) is 24.5 Å². The van der Waals surface area contributed by atoms with Gasteiger partial charge in [-0.2, -0.15) is 0 Å². The molecule has 2 heterocycles. The fourth-order valence-electron chi connectivity index (χ4n) is 2.86. The topological polar surface area (TPSA) is 66.6 Å². The number of anilines is 1. The Labute approximate surface area is 118 Å². The number of likely N-dealkylation sites (tertiary alicyclic amines) is 1. The monoisotopic (exact) mass is 273 g/mol. The third kappa shape index (κ3) is 2.41. The van der Waals surface area contributed by atoms with Crippen LogP contribution in [0.25, 0.3) is 0 Å². The molecule has 2 fully saturated rings. The molecule has 1 aromatic rings. The third-order valence-corrected chi connectivity index (χ3v) is 4.01. The summed E-state index contributed by atoms with van der Waals surface area (Å²) in [6.07, 6.45) is 2.39. The predicted molar refractivity (Wildman–Crippen MR) is 76.5 cm³/mol. The molecule has 0 radical (unpaired) electrons. The van der Waals surface area contributed by atoms with E-state index in [-0.39, 0.29) is 17.9 Å². The fraction of sp³-hybridized carbons (Fsp3) is 0.467. The summed E-state index contributed by atoms with van der Waals surface area (Å²) in [5, 5.41) is 0. The Morgan fingerprint density at radius 2 is 1.95 bits per heavy atom. The summed E-state index contributed by atoms with van der Waals surface area (Å²) < 4.78 is 0. The minimum Gasteiger partial charge on any atom is -0.337 e. The summed E-state index contributed by atoms with van der Waals surface area (Å²) in [6, 6.07) is 7.40. The van der Waals surface area contributed by atoms with E-state index in [0.29, 0.717) is 18.5 Å². The van der Waals surface area contributed by atoms with Crippen LogP contribution in [0.3, 0.4) is 0 Å². The number of carbonyl (C=O) groups excluding carboxylic acids is 2. The van der Waals surface area contributed by atoms with Crippen LogP contribution in [0.5, 0.6) is 0 Å². The SMILES string of the molecule is N[C@@H]1CCN(C(=O)c2ccc(N3CCCC3=O)cc2)C1. The predicted octanol–water partition coefficient (Wildman–Crippen LogP) is 0.987. The summed E-state index contributed by atoms with van der Waals surface area (Å²) in [5.74, 6) is 0.187. The van der Waals surface area contributed by atoms with Crippen molar-refractivity contribution in [2.45, 2.75) is 25.3 Å². The second-order valence-electron chi connectivity index (χ2n) is 5.50. The van der Waals surface area contributed by atoms with Crippen LogP contribution in [0.1, 0.15) is 29.6 Å². The number of hydrogen-bond acceptors (Lipinski definition) is 3. The molecule has 1 aromatic carbocycles. The molecular weight excluding hydrogens is 254 g/mol. The van der Waals surface area contributed by atoms with Gasteiger partial charge >= 0.3 is 0 Å². The zero-order valence-electron chi connectivity index (χ0n) is 11.4. The van der Waals surface area contributed by atoms with Crippen LogP contribution in [-0.2, 0) is 4.79 Å². The number of nitrogens with zero attached hydrogens (tertiary/aromatic N) is 2. The molecule has 5 nitrogen and oxygen atoms in total. The Balaban J connectivity index is 1.72. The smallest absolute Gasteiger partial charge is 0.253 e.